The van der Waals surface area contributed by atoms with E-state index in [2.05, 4.69) is 10.3 Å². The minimum Gasteiger partial charge on any atom is -0.485 e. The lowest BCUT2D eigenvalue weighted by atomic mass is 9.86. The molecule has 0 saturated heterocycles. The number of aliphatic hydroxyl groups excluding tert-OH is 1. The second-order valence-electron chi connectivity index (χ2n) is 11.3. The molecule has 2 aromatic rings. The van der Waals surface area contributed by atoms with Crippen molar-refractivity contribution in [1.29, 1.82) is 0 Å². The van der Waals surface area contributed by atoms with E-state index in [4.69, 9.17) is 15.5 Å². The molecule has 0 spiro atoms. The molecule has 4 N–H and O–H groups in total. The average Bonchev–Trinajstić information content (AvgIpc) is 3.69. The zero-order valence-electron chi connectivity index (χ0n) is 22.4. The number of fused-ring (bicyclic) bond motifs is 1. The Bertz CT molecular complexity index is 1240. The second kappa shape index (κ2) is 9.69. The van der Waals surface area contributed by atoms with Crippen LogP contribution in [0.5, 0.6) is 5.75 Å². The van der Waals surface area contributed by atoms with Gasteiger partial charge < -0.3 is 20.9 Å². The Kier molecular flexibility index (Phi) is 6.67. The van der Waals surface area contributed by atoms with Gasteiger partial charge in [-0.3, -0.25) is 19.5 Å². The van der Waals surface area contributed by atoms with E-state index >= 15 is 0 Å². The molecule has 2 unspecified atom stereocenters. The predicted octanol–water partition coefficient (Wildman–Crippen LogP) is 3.25. The van der Waals surface area contributed by atoms with Gasteiger partial charge >= 0.3 is 0 Å². The molecule has 2 amide bonds. The summed E-state index contributed by atoms with van der Waals surface area (Å²) in [6.45, 7) is 7.66. The number of hydrogen-bond donors (Lipinski definition) is 3. The molecule has 0 radical (unpaired) electrons. The van der Waals surface area contributed by atoms with E-state index in [0.29, 0.717) is 12.2 Å². The molecule has 1 fully saturated rings. The fourth-order valence-corrected chi connectivity index (χ4v) is 5.95. The SMILES string of the molecule is CCC1(CC)CC(=O)N([C@H](c2cccnc2)C2C[C@H]2C(=O)N[C@@H]2c3ccccc3OC(C)(C)C2O)C(N)=N1. The molecule has 9 nitrogen and oxygen atoms in total. The molecule has 9 heteroatoms. The van der Waals surface area contributed by atoms with Crippen molar-refractivity contribution in [3.05, 3.63) is 59.9 Å². The number of benzene rings is 1. The quantitative estimate of drug-likeness (QED) is 0.515. The fourth-order valence-electron chi connectivity index (χ4n) is 5.95. The minimum absolute atomic E-state index is 0.0864. The highest BCUT2D eigenvalue weighted by molar-refractivity contribution is 5.99. The normalized spacial score (nSPS) is 28.0. The highest BCUT2D eigenvalue weighted by Gasteiger charge is 2.54. The topological polar surface area (TPSA) is 130 Å². The van der Waals surface area contributed by atoms with Crippen molar-refractivity contribution in [2.75, 3.05) is 0 Å². The number of aromatic nitrogens is 1. The van der Waals surface area contributed by atoms with Gasteiger partial charge in [0.25, 0.3) is 0 Å². The number of aliphatic imine (C=N–C) groups is 1. The van der Waals surface area contributed by atoms with Gasteiger partial charge in [-0.05, 0) is 56.7 Å². The van der Waals surface area contributed by atoms with Gasteiger partial charge in [-0.25, -0.2) is 4.99 Å². The highest BCUT2D eigenvalue weighted by atomic mass is 16.5. The number of aliphatic hydroxyl groups is 1. The van der Waals surface area contributed by atoms with Crippen LogP contribution in [0, 0.1) is 11.8 Å². The van der Waals surface area contributed by atoms with Crippen LogP contribution in [0.3, 0.4) is 0 Å². The van der Waals surface area contributed by atoms with Gasteiger partial charge in [-0.15, -0.1) is 0 Å². The lowest BCUT2D eigenvalue weighted by Crippen LogP contribution is -2.54. The van der Waals surface area contributed by atoms with E-state index in [1.54, 1.807) is 17.3 Å². The Morgan fingerprint density at radius 2 is 1.97 bits per heavy atom. The largest absolute Gasteiger partial charge is 0.485 e. The van der Waals surface area contributed by atoms with E-state index < -0.39 is 29.3 Å². The third-order valence-corrected chi connectivity index (χ3v) is 8.50. The van der Waals surface area contributed by atoms with Crippen molar-refractivity contribution in [3.8, 4) is 5.75 Å². The maximum absolute atomic E-state index is 13.6. The van der Waals surface area contributed by atoms with E-state index in [1.807, 2.05) is 64.1 Å². The molecule has 1 saturated carbocycles. The van der Waals surface area contributed by atoms with Crippen molar-refractivity contribution >= 4 is 17.8 Å². The Hall–Kier alpha value is -3.46. The number of carbonyl (C=O) groups excluding carboxylic acids is 2. The predicted molar refractivity (Wildman–Crippen MR) is 143 cm³/mol. The number of guanidine groups is 1. The van der Waals surface area contributed by atoms with Gasteiger partial charge in [-0.2, -0.15) is 0 Å². The van der Waals surface area contributed by atoms with E-state index in [0.717, 1.165) is 24.0 Å². The Morgan fingerprint density at radius 1 is 1.24 bits per heavy atom. The molecule has 202 valence electrons. The molecule has 5 rings (SSSR count). The number of carbonyl (C=O) groups is 2. The molecule has 0 bridgehead atoms. The number of amides is 2. The average molecular weight is 520 g/mol. The van der Waals surface area contributed by atoms with Crippen molar-refractivity contribution in [1.82, 2.24) is 15.2 Å². The van der Waals surface area contributed by atoms with Crippen LogP contribution in [0.2, 0.25) is 0 Å². The summed E-state index contributed by atoms with van der Waals surface area (Å²) in [5.41, 5.74) is 6.66. The van der Waals surface area contributed by atoms with Crippen LogP contribution in [0.25, 0.3) is 0 Å². The zero-order chi connectivity index (χ0) is 27.2. The lowest BCUT2D eigenvalue weighted by Gasteiger charge is -2.42. The summed E-state index contributed by atoms with van der Waals surface area (Å²) in [5.74, 6) is 0.0730. The van der Waals surface area contributed by atoms with Crippen LogP contribution in [0.15, 0.2) is 53.8 Å². The van der Waals surface area contributed by atoms with Crippen LogP contribution < -0.4 is 15.8 Å². The van der Waals surface area contributed by atoms with E-state index in [9.17, 15) is 14.7 Å². The van der Waals surface area contributed by atoms with Crippen LogP contribution in [0.1, 0.15) is 76.6 Å². The van der Waals surface area contributed by atoms with Crippen molar-refractivity contribution in [3.63, 3.8) is 0 Å². The summed E-state index contributed by atoms with van der Waals surface area (Å²) in [6, 6.07) is 10.1. The number of nitrogens with two attached hydrogens (primary N) is 1. The summed E-state index contributed by atoms with van der Waals surface area (Å²) in [7, 11) is 0. The first-order valence-corrected chi connectivity index (χ1v) is 13.4. The first-order chi connectivity index (χ1) is 18.1. The number of para-hydroxylation sites is 1. The third kappa shape index (κ3) is 4.53. The van der Waals surface area contributed by atoms with Gasteiger partial charge in [0.1, 0.15) is 17.5 Å². The standard InChI is InChI=1S/C29H37N5O4/c1-5-29(6-2)15-22(35)34(27(30)33-29)24(17-10-9-13-31-16-17)19-14-20(19)26(37)32-23-18-11-7-8-12-21(18)38-28(3,4)25(23)36/h7-13,16,19-20,23-25,36H,5-6,14-15H2,1-4H3,(H2,30,33)(H,32,37)/t19?,20-,23-,24-,25?/m1/s1. The summed E-state index contributed by atoms with van der Waals surface area (Å²) in [5, 5.41) is 14.2. The first-order valence-electron chi connectivity index (χ1n) is 13.4. The highest BCUT2D eigenvalue weighted by Crippen LogP contribution is 2.52. The molecule has 38 heavy (non-hydrogen) atoms. The molecular formula is C29H37N5O4. The minimum atomic E-state index is -0.935. The molecule has 1 aromatic heterocycles. The lowest BCUT2D eigenvalue weighted by molar-refractivity contribution is -0.133. The summed E-state index contributed by atoms with van der Waals surface area (Å²) in [4.78, 5) is 37.7. The Morgan fingerprint density at radius 3 is 2.63 bits per heavy atom. The van der Waals surface area contributed by atoms with E-state index in [-0.39, 0.29) is 36.0 Å². The molecular weight excluding hydrogens is 482 g/mol. The van der Waals surface area contributed by atoms with Gasteiger partial charge in [-0.1, -0.05) is 38.1 Å². The number of pyridine rings is 1. The van der Waals surface area contributed by atoms with Crippen molar-refractivity contribution < 1.29 is 19.4 Å². The monoisotopic (exact) mass is 519 g/mol. The second-order valence-corrected chi connectivity index (χ2v) is 11.3. The van der Waals surface area contributed by atoms with Gasteiger partial charge in [0.2, 0.25) is 11.8 Å². The first kappa shape index (κ1) is 26.2. The summed E-state index contributed by atoms with van der Waals surface area (Å²) < 4.78 is 6.00. The number of nitrogens with zero attached hydrogens (tertiary/aromatic N) is 3. The number of rotatable bonds is 7. The van der Waals surface area contributed by atoms with Crippen LogP contribution >= 0.6 is 0 Å². The van der Waals surface area contributed by atoms with Crippen LogP contribution in [0.4, 0.5) is 0 Å². The third-order valence-electron chi connectivity index (χ3n) is 8.50. The molecule has 1 aromatic carbocycles. The van der Waals surface area contributed by atoms with Gasteiger partial charge in [0, 0.05) is 23.9 Å². The number of ether oxygens (including phenoxy) is 1. The smallest absolute Gasteiger partial charge is 0.232 e. The van der Waals surface area contributed by atoms with Gasteiger partial charge in [0.05, 0.1) is 24.0 Å². The Balaban J connectivity index is 1.42. The summed E-state index contributed by atoms with van der Waals surface area (Å²) in [6.07, 6.45) is 4.78. The molecule has 1 aliphatic carbocycles. The van der Waals surface area contributed by atoms with Crippen LogP contribution in [-0.4, -0.2) is 50.0 Å². The maximum atomic E-state index is 13.6. The molecule has 2 aliphatic heterocycles. The van der Waals surface area contributed by atoms with Crippen molar-refractivity contribution in [2.24, 2.45) is 22.6 Å². The number of nitrogens with one attached hydrogen (secondary N) is 1. The summed E-state index contributed by atoms with van der Waals surface area (Å²) >= 11 is 0. The maximum Gasteiger partial charge on any atom is 0.232 e. The molecule has 3 heterocycles. The van der Waals surface area contributed by atoms with E-state index in [1.165, 1.54) is 0 Å². The molecule has 3 aliphatic rings. The zero-order valence-corrected chi connectivity index (χ0v) is 22.4. The molecule has 5 atom stereocenters. The fraction of sp³-hybridized carbons (Fsp3) is 0.517. The van der Waals surface area contributed by atoms with Crippen molar-refractivity contribution in [2.45, 2.75) is 82.7 Å². The number of hydrogen-bond acceptors (Lipinski definition) is 7. The van der Waals surface area contributed by atoms with Gasteiger partial charge in [0.15, 0.2) is 5.96 Å². The Labute approximate surface area is 223 Å². The van der Waals surface area contributed by atoms with Crippen LogP contribution in [-0.2, 0) is 9.59 Å².